The molecule has 0 bridgehead atoms. The Morgan fingerprint density at radius 1 is 1.02 bits per heavy atom. The molecule has 3 aromatic carbocycles. The van der Waals surface area contributed by atoms with Gasteiger partial charge in [0.25, 0.3) is 0 Å². The molecular weight excluding hydrogens is 620 g/mol. The van der Waals surface area contributed by atoms with Gasteiger partial charge in [-0.2, -0.15) is 5.01 Å². The van der Waals surface area contributed by atoms with E-state index in [0.29, 0.717) is 37.9 Å². The monoisotopic (exact) mass is 658 g/mol. The lowest BCUT2D eigenvalue weighted by atomic mass is 9.99. The third kappa shape index (κ3) is 7.07. The van der Waals surface area contributed by atoms with E-state index in [1.54, 1.807) is 45.2 Å². The van der Waals surface area contributed by atoms with Crippen LogP contribution in [0.25, 0.3) is 0 Å². The molecular formula is C35H39ClN6O5. The van der Waals surface area contributed by atoms with Crippen LogP contribution in [0.5, 0.6) is 5.75 Å². The summed E-state index contributed by atoms with van der Waals surface area (Å²) >= 11 is 6.75. The van der Waals surface area contributed by atoms with Crippen molar-refractivity contribution in [1.29, 1.82) is 0 Å². The zero-order chi connectivity index (χ0) is 32.9. The van der Waals surface area contributed by atoms with Gasteiger partial charge >= 0.3 is 6.03 Å². The molecule has 3 aliphatic rings. The lowest BCUT2D eigenvalue weighted by Gasteiger charge is -2.46. The summed E-state index contributed by atoms with van der Waals surface area (Å²) in [5.41, 5.74) is 3.51. The van der Waals surface area contributed by atoms with Crippen LogP contribution >= 0.6 is 11.6 Å². The second-order valence-corrected chi connectivity index (χ2v) is 12.3. The maximum Gasteiger partial charge on any atom is 0.332 e. The number of hydrogen-bond donors (Lipinski definition) is 2. The normalized spacial score (nSPS) is 19.9. The summed E-state index contributed by atoms with van der Waals surface area (Å²) in [5.74, 6) is -0.320. The number of urea groups is 1. The summed E-state index contributed by atoms with van der Waals surface area (Å²) < 4.78 is 5.57. The Morgan fingerprint density at radius 3 is 2.49 bits per heavy atom. The Balaban J connectivity index is 1.31. The molecule has 0 unspecified atom stereocenters. The first-order valence-electron chi connectivity index (χ1n) is 15.8. The summed E-state index contributed by atoms with van der Waals surface area (Å²) in [6.45, 7) is 7.27. The van der Waals surface area contributed by atoms with Crippen molar-refractivity contribution in [3.05, 3.63) is 107 Å². The number of morpholine rings is 1. The van der Waals surface area contributed by atoms with Gasteiger partial charge in [0.2, 0.25) is 11.8 Å². The van der Waals surface area contributed by atoms with Crippen molar-refractivity contribution in [2.75, 3.05) is 50.8 Å². The number of hydrazine groups is 1. The molecule has 0 spiro atoms. The molecule has 3 aromatic rings. The van der Waals surface area contributed by atoms with Gasteiger partial charge in [0.05, 0.1) is 43.6 Å². The van der Waals surface area contributed by atoms with E-state index in [2.05, 4.69) is 16.8 Å². The van der Waals surface area contributed by atoms with Crippen LogP contribution < -0.4 is 10.2 Å². The molecule has 0 aromatic heterocycles. The predicted octanol–water partition coefficient (Wildman–Crippen LogP) is 3.62. The molecule has 2 N–H and O–H groups in total. The SMILES string of the molecule is C=CCN(C(=O)NCc1ccccc1)N1CC(=O)N2[C@@H](Cc3ccc(O)cc3)C(=O)N(Cc3cccc(Cl)c3N3CCOCC3)C[C@@H]21. The smallest absolute Gasteiger partial charge is 0.332 e. The number of ether oxygens (including phenoxy) is 1. The number of carbonyl (C=O) groups is 3. The third-order valence-electron chi connectivity index (χ3n) is 8.82. The number of phenols is 1. The van der Waals surface area contributed by atoms with Gasteiger partial charge in [-0.3, -0.25) is 14.6 Å². The number of hydrogen-bond acceptors (Lipinski definition) is 7. The molecule has 0 saturated carbocycles. The summed E-state index contributed by atoms with van der Waals surface area (Å²) in [4.78, 5) is 47.3. The minimum absolute atomic E-state index is 0.0688. The summed E-state index contributed by atoms with van der Waals surface area (Å²) in [7, 11) is 0. The van der Waals surface area contributed by atoms with E-state index < -0.39 is 12.2 Å². The highest BCUT2D eigenvalue weighted by Crippen LogP contribution is 2.35. The van der Waals surface area contributed by atoms with Gasteiger partial charge in [0, 0.05) is 32.6 Å². The fourth-order valence-corrected chi connectivity index (χ4v) is 6.89. The molecule has 6 rings (SSSR count). The second kappa shape index (κ2) is 14.5. The number of rotatable bonds is 10. The Hall–Kier alpha value is -4.58. The van der Waals surface area contributed by atoms with Crippen LogP contribution in [0.1, 0.15) is 16.7 Å². The van der Waals surface area contributed by atoms with Gasteiger partial charge in [0.1, 0.15) is 18.0 Å². The summed E-state index contributed by atoms with van der Waals surface area (Å²) in [5, 5.41) is 16.7. The fraction of sp³-hybridized carbons (Fsp3) is 0.343. The highest BCUT2D eigenvalue weighted by atomic mass is 35.5. The first-order chi connectivity index (χ1) is 22.8. The van der Waals surface area contributed by atoms with Crippen molar-refractivity contribution in [2.45, 2.75) is 31.7 Å². The number of anilines is 1. The molecule has 47 heavy (non-hydrogen) atoms. The van der Waals surface area contributed by atoms with Crippen molar-refractivity contribution >= 4 is 35.1 Å². The van der Waals surface area contributed by atoms with Crippen molar-refractivity contribution in [3.63, 3.8) is 0 Å². The average molecular weight is 659 g/mol. The molecule has 246 valence electrons. The maximum atomic E-state index is 14.3. The second-order valence-electron chi connectivity index (χ2n) is 11.8. The van der Waals surface area contributed by atoms with Crippen LogP contribution in [0.2, 0.25) is 5.02 Å². The Labute approximate surface area is 279 Å². The van der Waals surface area contributed by atoms with E-state index >= 15 is 0 Å². The van der Waals surface area contributed by atoms with E-state index in [-0.39, 0.29) is 56.2 Å². The highest BCUT2D eigenvalue weighted by molar-refractivity contribution is 6.33. The molecule has 3 saturated heterocycles. The number of nitrogens with one attached hydrogen (secondary N) is 1. The van der Waals surface area contributed by atoms with Crippen LogP contribution in [0.3, 0.4) is 0 Å². The average Bonchev–Trinajstić information content (AvgIpc) is 3.41. The van der Waals surface area contributed by atoms with Gasteiger partial charge in [-0.1, -0.05) is 72.3 Å². The Bertz CT molecular complexity index is 1600. The first-order valence-corrected chi connectivity index (χ1v) is 16.2. The van der Waals surface area contributed by atoms with Gasteiger partial charge < -0.3 is 29.9 Å². The number of aromatic hydroxyl groups is 1. The Kier molecular flexibility index (Phi) is 9.95. The fourth-order valence-electron chi connectivity index (χ4n) is 6.57. The highest BCUT2D eigenvalue weighted by Gasteiger charge is 2.52. The zero-order valence-electron chi connectivity index (χ0n) is 26.1. The van der Waals surface area contributed by atoms with Crippen LogP contribution in [-0.2, 0) is 33.8 Å². The van der Waals surface area contributed by atoms with E-state index in [1.165, 1.54) is 5.01 Å². The van der Waals surface area contributed by atoms with Gasteiger partial charge in [-0.15, -0.1) is 6.58 Å². The van der Waals surface area contributed by atoms with Crippen molar-refractivity contribution in [2.24, 2.45) is 0 Å². The van der Waals surface area contributed by atoms with Crippen LogP contribution in [0, 0.1) is 0 Å². The molecule has 2 atom stereocenters. The summed E-state index contributed by atoms with van der Waals surface area (Å²) in [6.07, 6.45) is 1.27. The maximum absolute atomic E-state index is 14.3. The topological polar surface area (TPSA) is 109 Å². The van der Waals surface area contributed by atoms with Gasteiger partial charge in [-0.25, -0.2) is 4.79 Å². The molecule has 0 aliphatic carbocycles. The van der Waals surface area contributed by atoms with E-state index in [0.717, 1.165) is 22.4 Å². The zero-order valence-corrected chi connectivity index (χ0v) is 26.9. The Morgan fingerprint density at radius 2 is 1.77 bits per heavy atom. The van der Waals surface area contributed by atoms with Gasteiger partial charge in [0.15, 0.2) is 0 Å². The molecule has 11 nitrogen and oxygen atoms in total. The first kappa shape index (κ1) is 32.4. The number of amides is 4. The minimum atomic E-state index is -0.820. The van der Waals surface area contributed by atoms with Crippen molar-refractivity contribution in [1.82, 2.24) is 25.1 Å². The van der Waals surface area contributed by atoms with E-state index in [4.69, 9.17) is 16.3 Å². The molecule has 0 radical (unpaired) electrons. The number of phenolic OH excluding ortho intramolecular Hbond substituents is 1. The van der Waals surface area contributed by atoms with Gasteiger partial charge in [-0.05, 0) is 34.9 Å². The largest absolute Gasteiger partial charge is 0.508 e. The number of nitrogens with zero attached hydrogens (tertiary/aromatic N) is 5. The predicted molar refractivity (Wildman–Crippen MR) is 178 cm³/mol. The quantitative estimate of drug-likeness (QED) is 0.321. The molecule has 3 heterocycles. The van der Waals surface area contributed by atoms with Crippen LogP contribution in [-0.4, -0.2) is 101 Å². The molecule has 12 heteroatoms. The summed E-state index contributed by atoms with van der Waals surface area (Å²) in [6, 6.07) is 20.8. The standard InChI is InChI=1S/C35H39ClN6O5/c1-2-15-40(35(46)37-21-26-7-4-3-5-8-26)41-24-32(44)42-30(20-25-11-13-28(43)14-12-25)34(45)39(23-31(41)42)22-27-9-6-10-29(36)33(27)38-16-18-47-19-17-38/h2-14,30-31,43H,1,15-24H2,(H,37,46)/t30-,31+/m0/s1. The lowest BCUT2D eigenvalue weighted by molar-refractivity contribution is -0.157. The number of fused-ring (bicyclic) bond motifs is 1. The number of piperazine rings is 1. The lowest BCUT2D eigenvalue weighted by Crippen LogP contribution is -2.66. The van der Waals surface area contributed by atoms with E-state index in [9.17, 15) is 19.5 Å². The van der Waals surface area contributed by atoms with Crippen LogP contribution in [0.15, 0.2) is 85.5 Å². The minimum Gasteiger partial charge on any atom is -0.508 e. The van der Waals surface area contributed by atoms with Crippen molar-refractivity contribution in [3.8, 4) is 5.75 Å². The number of benzene rings is 3. The number of halogens is 1. The number of para-hydroxylation sites is 1. The number of carbonyl (C=O) groups excluding carboxylic acids is 3. The molecule has 4 amide bonds. The molecule has 3 fully saturated rings. The third-order valence-corrected chi connectivity index (χ3v) is 9.13. The van der Waals surface area contributed by atoms with Crippen molar-refractivity contribution < 1.29 is 24.2 Å². The van der Waals surface area contributed by atoms with Crippen LogP contribution in [0.4, 0.5) is 10.5 Å². The molecule has 3 aliphatic heterocycles. The van der Waals surface area contributed by atoms with E-state index in [1.807, 2.05) is 48.5 Å².